The van der Waals surface area contributed by atoms with Crippen LogP contribution in [0.25, 0.3) is 0 Å². The third kappa shape index (κ3) is 4.28. The van der Waals surface area contributed by atoms with Crippen LogP contribution in [-0.4, -0.2) is 17.2 Å². The highest BCUT2D eigenvalue weighted by atomic mass is 32.2. The van der Waals surface area contributed by atoms with E-state index in [9.17, 15) is 10.1 Å². The van der Waals surface area contributed by atoms with Gasteiger partial charge in [0.25, 0.3) is 0 Å². The molecule has 0 atom stereocenters. The van der Waals surface area contributed by atoms with E-state index in [1.807, 2.05) is 18.2 Å². The van der Waals surface area contributed by atoms with Gasteiger partial charge in [0.15, 0.2) is 0 Å². The molecule has 1 aromatic carbocycles. The molecular formula is C16H20N2OS. The van der Waals surface area contributed by atoms with E-state index in [4.69, 9.17) is 0 Å². The Morgan fingerprint density at radius 3 is 2.60 bits per heavy atom. The van der Waals surface area contributed by atoms with E-state index >= 15 is 0 Å². The zero-order valence-corrected chi connectivity index (χ0v) is 12.4. The van der Waals surface area contributed by atoms with Crippen LogP contribution in [0.15, 0.2) is 30.3 Å². The largest absolute Gasteiger partial charge is 0.337 e. The summed E-state index contributed by atoms with van der Waals surface area (Å²) in [6, 6.07) is 12.4. The van der Waals surface area contributed by atoms with E-state index in [2.05, 4.69) is 23.5 Å². The van der Waals surface area contributed by atoms with Crippen molar-refractivity contribution < 1.29 is 4.79 Å². The van der Waals surface area contributed by atoms with Crippen molar-refractivity contribution in [1.82, 2.24) is 5.32 Å². The predicted octanol–water partition coefficient (Wildman–Crippen LogP) is 3.26. The maximum Gasteiger partial charge on any atom is 0.231 e. The van der Waals surface area contributed by atoms with Gasteiger partial charge in [-0.05, 0) is 18.4 Å². The van der Waals surface area contributed by atoms with Gasteiger partial charge in [-0.25, -0.2) is 0 Å². The van der Waals surface area contributed by atoms with Crippen molar-refractivity contribution in [3.63, 3.8) is 0 Å². The van der Waals surface area contributed by atoms with Gasteiger partial charge >= 0.3 is 0 Å². The Balaban J connectivity index is 1.76. The fraction of sp³-hybridized carbons (Fsp3) is 0.500. The summed E-state index contributed by atoms with van der Waals surface area (Å²) < 4.78 is 0. The number of rotatable bonds is 5. The molecular weight excluding hydrogens is 268 g/mol. The minimum atomic E-state index is -0.608. The Labute approximate surface area is 124 Å². The molecule has 0 saturated heterocycles. The molecule has 1 saturated carbocycles. The molecule has 1 aliphatic rings. The number of nitrogens with zero attached hydrogens (tertiary/aromatic N) is 1. The van der Waals surface area contributed by atoms with Crippen LogP contribution in [0.4, 0.5) is 0 Å². The number of benzene rings is 1. The van der Waals surface area contributed by atoms with E-state index in [0.717, 1.165) is 31.4 Å². The Morgan fingerprint density at radius 1 is 1.25 bits per heavy atom. The number of carbonyl (C=O) groups is 1. The van der Waals surface area contributed by atoms with Crippen molar-refractivity contribution in [3.05, 3.63) is 35.9 Å². The van der Waals surface area contributed by atoms with Gasteiger partial charge in [0.1, 0.15) is 5.54 Å². The maximum absolute atomic E-state index is 12.0. The minimum absolute atomic E-state index is 0.0191. The van der Waals surface area contributed by atoms with Crippen molar-refractivity contribution >= 4 is 17.7 Å². The molecule has 0 aliphatic heterocycles. The number of thioether (sulfide) groups is 1. The lowest BCUT2D eigenvalue weighted by Crippen LogP contribution is -2.49. The lowest BCUT2D eigenvalue weighted by molar-refractivity contribution is -0.120. The molecule has 20 heavy (non-hydrogen) atoms. The van der Waals surface area contributed by atoms with Gasteiger partial charge < -0.3 is 5.32 Å². The first-order valence-electron chi connectivity index (χ1n) is 7.08. The summed E-state index contributed by atoms with van der Waals surface area (Å²) in [4.78, 5) is 12.0. The highest BCUT2D eigenvalue weighted by Gasteiger charge is 2.33. The zero-order valence-electron chi connectivity index (χ0n) is 11.6. The van der Waals surface area contributed by atoms with Gasteiger partial charge in [-0.1, -0.05) is 49.6 Å². The number of hydrogen-bond acceptors (Lipinski definition) is 3. The molecule has 1 aromatic rings. The van der Waals surface area contributed by atoms with Crippen molar-refractivity contribution in [1.29, 1.82) is 5.26 Å². The number of nitriles is 1. The molecule has 4 heteroatoms. The van der Waals surface area contributed by atoms with Crippen LogP contribution in [0.1, 0.15) is 37.7 Å². The summed E-state index contributed by atoms with van der Waals surface area (Å²) in [6.45, 7) is 0. The standard InChI is InChI=1S/C16H20N2OS/c17-13-16(9-5-2-6-10-16)18-15(19)12-20-11-14-7-3-1-4-8-14/h1,3-4,7-8H,2,5-6,9-12H2,(H,18,19). The monoisotopic (exact) mass is 288 g/mol. The topological polar surface area (TPSA) is 52.9 Å². The summed E-state index contributed by atoms with van der Waals surface area (Å²) in [5.41, 5.74) is 0.612. The summed E-state index contributed by atoms with van der Waals surface area (Å²) in [5.74, 6) is 1.22. The van der Waals surface area contributed by atoms with E-state index < -0.39 is 5.54 Å². The van der Waals surface area contributed by atoms with E-state index in [1.165, 1.54) is 12.0 Å². The summed E-state index contributed by atoms with van der Waals surface area (Å²) in [5, 5.41) is 12.3. The smallest absolute Gasteiger partial charge is 0.231 e. The Bertz CT molecular complexity index is 475. The first-order chi connectivity index (χ1) is 9.74. The SMILES string of the molecule is N#CC1(NC(=O)CSCc2ccccc2)CCCCC1. The summed E-state index contributed by atoms with van der Waals surface area (Å²) in [6.07, 6.45) is 4.81. The molecule has 0 spiro atoms. The summed E-state index contributed by atoms with van der Waals surface area (Å²) >= 11 is 1.59. The van der Waals surface area contributed by atoms with Gasteiger partial charge in [0.2, 0.25) is 5.91 Å². The third-order valence-electron chi connectivity index (χ3n) is 3.64. The van der Waals surface area contributed by atoms with E-state index in [0.29, 0.717) is 5.75 Å². The summed E-state index contributed by atoms with van der Waals surface area (Å²) in [7, 11) is 0. The van der Waals surface area contributed by atoms with E-state index in [1.54, 1.807) is 11.8 Å². The average Bonchev–Trinajstić information content (AvgIpc) is 2.49. The van der Waals surface area contributed by atoms with Crippen LogP contribution in [-0.2, 0) is 10.5 Å². The van der Waals surface area contributed by atoms with Gasteiger partial charge in [-0.2, -0.15) is 5.26 Å². The average molecular weight is 288 g/mol. The van der Waals surface area contributed by atoms with Gasteiger partial charge in [-0.3, -0.25) is 4.79 Å². The molecule has 1 fully saturated rings. The lowest BCUT2D eigenvalue weighted by atomic mass is 9.83. The second-order valence-electron chi connectivity index (χ2n) is 5.28. The second kappa shape index (κ2) is 7.35. The van der Waals surface area contributed by atoms with Crippen LogP contribution in [0.5, 0.6) is 0 Å². The molecule has 1 N–H and O–H groups in total. The van der Waals surface area contributed by atoms with Gasteiger partial charge in [0.05, 0.1) is 11.8 Å². The number of hydrogen-bond donors (Lipinski definition) is 1. The van der Waals surface area contributed by atoms with Crippen LogP contribution < -0.4 is 5.32 Å². The number of carbonyl (C=O) groups excluding carboxylic acids is 1. The van der Waals surface area contributed by atoms with Crippen molar-refractivity contribution in [2.75, 3.05) is 5.75 Å². The highest BCUT2D eigenvalue weighted by molar-refractivity contribution is 7.99. The molecule has 0 unspecified atom stereocenters. The Hall–Kier alpha value is -1.47. The van der Waals surface area contributed by atoms with Gasteiger partial charge in [-0.15, -0.1) is 11.8 Å². The van der Waals surface area contributed by atoms with E-state index in [-0.39, 0.29) is 5.91 Å². The highest BCUT2D eigenvalue weighted by Crippen LogP contribution is 2.27. The first kappa shape index (κ1) is 14.9. The first-order valence-corrected chi connectivity index (χ1v) is 8.23. The minimum Gasteiger partial charge on any atom is -0.337 e. The Kier molecular flexibility index (Phi) is 5.49. The van der Waals surface area contributed by atoms with Crippen molar-refractivity contribution in [3.8, 4) is 6.07 Å². The maximum atomic E-state index is 12.0. The van der Waals surface area contributed by atoms with Crippen LogP contribution in [0, 0.1) is 11.3 Å². The Morgan fingerprint density at radius 2 is 1.95 bits per heavy atom. The molecule has 0 aromatic heterocycles. The van der Waals surface area contributed by atoms with Crippen LogP contribution in [0.3, 0.4) is 0 Å². The van der Waals surface area contributed by atoms with Crippen molar-refractivity contribution in [2.24, 2.45) is 0 Å². The van der Waals surface area contributed by atoms with Crippen LogP contribution in [0.2, 0.25) is 0 Å². The molecule has 1 aliphatic carbocycles. The predicted molar refractivity (Wildman–Crippen MR) is 82.2 cm³/mol. The fourth-order valence-electron chi connectivity index (χ4n) is 2.56. The van der Waals surface area contributed by atoms with Gasteiger partial charge in [0, 0.05) is 5.75 Å². The molecule has 1 amide bonds. The zero-order chi connectivity index (χ0) is 14.3. The molecule has 3 nitrogen and oxygen atoms in total. The normalized spacial score (nSPS) is 17.1. The second-order valence-corrected chi connectivity index (χ2v) is 6.27. The van der Waals surface area contributed by atoms with Crippen LogP contribution >= 0.6 is 11.8 Å². The number of nitrogens with one attached hydrogen (secondary N) is 1. The lowest BCUT2D eigenvalue weighted by Gasteiger charge is -2.31. The molecule has 0 bridgehead atoms. The quantitative estimate of drug-likeness (QED) is 0.904. The fourth-order valence-corrected chi connectivity index (χ4v) is 3.35. The third-order valence-corrected chi connectivity index (χ3v) is 4.65. The molecule has 106 valence electrons. The molecule has 0 radical (unpaired) electrons. The molecule has 0 heterocycles. The molecule has 2 rings (SSSR count). The van der Waals surface area contributed by atoms with Crippen molar-refractivity contribution in [2.45, 2.75) is 43.4 Å². The number of amides is 1.